The number of nitrogens with zero attached hydrogens (tertiary/aromatic N) is 1. The molecule has 0 spiro atoms. The summed E-state index contributed by atoms with van der Waals surface area (Å²) in [5.74, 6) is -0.624. The van der Waals surface area contributed by atoms with Crippen LogP contribution < -0.4 is 15.0 Å². The summed E-state index contributed by atoms with van der Waals surface area (Å²) in [5.41, 5.74) is 1.81. The predicted octanol–water partition coefficient (Wildman–Crippen LogP) is 5.03. The molecule has 1 N–H and O–H groups in total. The maximum atomic E-state index is 13.0. The second kappa shape index (κ2) is 9.13. The Bertz CT molecular complexity index is 1050. The normalized spacial score (nSPS) is 15.7. The van der Waals surface area contributed by atoms with E-state index in [1.165, 1.54) is 6.08 Å². The molecule has 0 aromatic heterocycles. The summed E-state index contributed by atoms with van der Waals surface area (Å²) in [4.78, 5) is 38.7. The largest absolute Gasteiger partial charge is 0.492 e. The van der Waals surface area contributed by atoms with E-state index in [0.29, 0.717) is 17.9 Å². The van der Waals surface area contributed by atoms with Crippen molar-refractivity contribution in [3.8, 4) is 5.75 Å². The molecule has 0 aliphatic carbocycles. The average molecular weight is 681 g/mol. The number of barbiturate groups is 1. The van der Waals surface area contributed by atoms with Gasteiger partial charge in [0.25, 0.3) is 11.8 Å². The number of amides is 4. The van der Waals surface area contributed by atoms with Crippen molar-refractivity contribution in [2.75, 3.05) is 11.5 Å². The third-order valence-corrected chi connectivity index (χ3v) is 6.61. The van der Waals surface area contributed by atoms with Gasteiger partial charge in [-0.15, -0.1) is 0 Å². The number of urea groups is 1. The Labute approximate surface area is 203 Å². The van der Waals surface area contributed by atoms with Crippen LogP contribution in [0.15, 0.2) is 40.4 Å². The molecule has 1 aliphatic heterocycles. The highest BCUT2D eigenvalue weighted by atomic mass is 127. The van der Waals surface area contributed by atoms with Crippen molar-refractivity contribution in [2.45, 2.75) is 13.8 Å². The number of hydrogen-bond acceptors (Lipinski definition) is 4. The quantitative estimate of drug-likeness (QED) is 0.279. The van der Waals surface area contributed by atoms with Crippen molar-refractivity contribution < 1.29 is 19.1 Å². The topological polar surface area (TPSA) is 75.7 Å². The van der Waals surface area contributed by atoms with E-state index in [1.54, 1.807) is 18.2 Å². The van der Waals surface area contributed by atoms with Gasteiger partial charge in [0.15, 0.2) is 0 Å². The van der Waals surface area contributed by atoms with E-state index in [4.69, 9.17) is 4.74 Å². The van der Waals surface area contributed by atoms with Gasteiger partial charge in [-0.2, -0.15) is 0 Å². The molecule has 0 unspecified atom stereocenters. The van der Waals surface area contributed by atoms with E-state index in [0.717, 1.165) is 27.8 Å². The average Bonchev–Trinajstić information content (AvgIpc) is 2.64. The zero-order chi connectivity index (χ0) is 21.3. The van der Waals surface area contributed by atoms with Gasteiger partial charge in [0.1, 0.15) is 11.3 Å². The van der Waals surface area contributed by atoms with E-state index in [2.05, 4.69) is 66.4 Å². The fraction of sp³-hybridized carbons (Fsp3) is 0.150. The van der Waals surface area contributed by atoms with E-state index < -0.39 is 17.8 Å². The Morgan fingerprint density at radius 3 is 2.38 bits per heavy atom. The van der Waals surface area contributed by atoms with E-state index in [-0.39, 0.29) is 5.57 Å². The van der Waals surface area contributed by atoms with Crippen molar-refractivity contribution in [1.29, 1.82) is 0 Å². The molecule has 4 amide bonds. The molecule has 150 valence electrons. The molecule has 3 rings (SSSR count). The molecule has 2 aromatic carbocycles. The van der Waals surface area contributed by atoms with Crippen molar-refractivity contribution in [2.24, 2.45) is 0 Å². The third-order valence-electron chi connectivity index (χ3n) is 4.12. The van der Waals surface area contributed by atoms with Gasteiger partial charge in [-0.3, -0.25) is 14.9 Å². The minimum absolute atomic E-state index is 0.110. The summed E-state index contributed by atoms with van der Waals surface area (Å²) in [7, 11) is 0. The Kier molecular flexibility index (Phi) is 6.99. The van der Waals surface area contributed by atoms with Crippen LogP contribution in [0.3, 0.4) is 0 Å². The van der Waals surface area contributed by atoms with E-state index >= 15 is 0 Å². The van der Waals surface area contributed by atoms with Crippen LogP contribution in [-0.2, 0) is 9.59 Å². The summed E-state index contributed by atoms with van der Waals surface area (Å²) in [6.07, 6.45) is 1.49. The van der Waals surface area contributed by atoms with Crippen LogP contribution in [0, 0.1) is 14.1 Å². The molecular weight excluding hydrogens is 666 g/mol. The summed E-state index contributed by atoms with van der Waals surface area (Å²) in [5, 5.41) is 2.24. The first-order valence-corrected chi connectivity index (χ1v) is 11.5. The van der Waals surface area contributed by atoms with Crippen molar-refractivity contribution in [1.82, 2.24) is 5.32 Å². The summed E-state index contributed by atoms with van der Waals surface area (Å²) in [6, 6.07) is 7.98. The number of carbonyl (C=O) groups is 3. The summed E-state index contributed by atoms with van der Waals surface area (Å²) in [6.45, 7) is 4.30. The van der Waals surface area contributed by atoms with Gasteiger partial charge in [0.05, 0.1) is 19.4 Å². The van der Waals surface area contributed by atoms with Gasteiger partial charge in [0.2, 0.25) is 0 Å². The Hall–Kier alpha value is -1.47. The van der Waals surface area contributed by atoms with Crippen LogP contribution in [0.1, 0.15) is 18.1 Å². The van der Waals surface area contributed by atoms with Gasteiger partial charge in [-0.1, -0.05) is 15.9 Å². The van der Waals surface area contributed by atoms with Crippen LogP contribution in [-0.4, -0.2) is 24.5 Å². The molecule has 0 bridgehead atoms. The van der Waals surface area contributed by atoms with Crippen LogP contribution >= 0.6 is 61.1 Å². The number of imide groups is 2. The number of nitrogens with one attached hydrogen (secondary N) is 1. The van der Waals surface area contributed by atoms with Crippen LogP contribution in [0.5, 0.6) is 5.75 Å². The standard InChI is InChI=1S/C20H15BrI2N2O4/c1-3-29-17-15(22)8-11(9-16(17)23)7-13-18(26)24-20(28)25(19(13)27)12-4-5-14(21)10(2)6-12/h4-9H,3H2,1-2H3,(H,24,26,28)/b13-7+. The third kappa shape index (κ3) is 4.66. The van der Waals surface area contributed by atoms with Gasteiger partial charge in [0, 0.05) is 4.47 Å². The molecule has 1 heterocycles. The second-order valence-electron chi connectivity index (χ2n) is 6.14. The molecule has 9 heteroatoms. The molecule has 6 nitrogen and oxygen atoms in total. The van der Waals surface area contributed by atoms with E-state index in [1.807, 2.05) is 26.0 Å². The number of halogens is 3. The van der Waals surface area contributed by atoms with Crippen LogP contribution in [0.25, 0.3) is 6.08 Å². The molecule has 1 aliphatic rings. The summed E-state index contributed by atoms with van der Waals surface area (Å²) >= 11 is 7.70. The maximum absolute atomic E-state index is 13.0. The Morgan fingerprint density at radius 2 is 1.79 bits per heavy atom. The Morgan fingerprint density at radius 1 is 1.14 bits per heavy atom. The number of ether oxygens (including phenoxy) is 1. The lowest BCUT2D eigenvalue weighted by molar-refractivity contribution is -0.122. The van der Waals surface area contributed by atoms with Gasteiger partial charge in [-0.05, 0) is 107 Å². The fourth-order valence-corrected chi connectivity index (χ4v) is 5.15. The number of aryl methyl sites for hydroxylation is 1. The molecule has 0 radical (unpaired) electrons. The lowest BCUT2D eigenvalue weighted by atomic mass is 10.1. The number of hydrogen-bond donors (Lipinski definition) is 1. The smallest absolute Gasteiger partial charge is 0.335 e. The zero-order valence-corrected chi connectivity index (χ0v) is 21.3. The monoisotopic (exact) mass is 680 g/mol. The minimum Gasteiger partial charge on any atom is -0.492 e. The first-order chi connectivity index (χ1) is 13.7. The minimum atomic E-state index is -0.769. The number of carbonyl (C=O) groups excluding carboxylic acids is 3. The molecule has 2 aromatic rings. The highest BCUT2D eigenvalue weighted by Crippen LogP contribution is 2.31. The van der Waals surface area contributed by atoms with Crippen LogP contribution in [0.2, 0.25) is 0 Å². The van der Waals surface area contributed by atoms with Gasteiger partial charge < -0.3 is 4.74 Å². The number of benzene rings is 2. The molecule has 29 heavy (non-hydrogen) atoms. The second-order valence-corrected chi connectivity index (χ2v) is 9.32. The highest BCUT2D eigenvalue weighted by molar-refractivity contribution is 14.1. The molecule has 1 saturated heterocycles. The lowest BCUT2D eigenvalue weighted by Gasteiger charge is -2.26. The zero-order valence-electron chi connectivity index (χ0n) is 15.4. The van der Waals surface area contributed by atoms with Crippen molar-refractivity contribution in [3.05, 3.63) is 58.6 Å². The fourth-order valence-electron chi connectivity index (χ4n) is 2.77. The first-order valence-electron chi connectivity index (χ1n) is 8.52. The van der Waals surface area contributed by atoms with E-state index in [9.17, 15) is 14.4 Å². The van der Waals surface area contributed by atoms with Crippen molar-refractivity contribution in [3.63, 3.8) is 0 Å². The number of rotatable bonds is 4. The Balaban J connectivity index is 2.02. The van der Waals surface area contributed by atoms with Crippen LogP contribution in [0.4, 0.5) is 10.5 Å². The molecule has 0 saturated carbocycles. The molecule has 0 atom stereocenters. The lowest BCUT2D eigenvalue weighted by Crippen LogP contribution is -2.54. The highest BCUT2D eigenvalue weighted by Gasteiger charge is 2.37. The van der Waals surface area contributed by atoms with Gasteiger partial charge >= 0.3 is 6.03 Å². The maximum Gasteiger partial charge on any atom is 0.335 e. The predicted molar refractivity (Wildman–Crippen MR) is 131 cm³/mol. The SMILES string of the molecule is CCOc1c(I)cc(/C=C2\C(=O)NC(=O)N(c3ccc(Br)c(C)c3)C2=O)cc1I. The summed E-state index contributed by atoms with van der Waals surface area (Å²) < 4.78 is 8.21. The number of anilines is 1. The molecule has 1 fully saturated rings. The van der Waals surface area contributed by atoms with Crippen molar-refractivity contribution >= 4 is 90.7 Å². The first kappa shape index (κ1) is 22.2. The van der Waals surface area contributed by atoms with Gasteiger partial charge in [-0.25, -0.2) is 9.69 Å². The molecular formula is C20H15BrI2N2O4.